The van der Waals surface area contributed by atoms with Crippen LogP contribution in [-0.2, 0) is 10.8 Å². The third-order valence-corrected chi connectivity index (χ3v) is 11.1. The van der Waals surface area contributed by atoms with Crippen LogP contribution < -0.4 is 4.74 Å². The zero-order chi connectivity index (χ0) is 33.8. The van der Waals surface area contributed by atoms with Gasteiger partial charge in [-0.3, -0.25) is 0 Å². The Morgan fingerprint density at radius 3 is 1.22 bits per heavy atom. The van der Waals surface area contributed by atoms with Gasteiger partial charge < -0.3 is 4.74 Å². The molecule has 0 aromatic heterocycles. The molecule has 10 rings (SSSR count). The van der Waals surface area contributed by atoms with Crippen molar-refractivity contribution in [3.8, 4) is 33.8 Å². The molecule has 1 heterocycles. The first-order valence-electron chi connectivity index (χ1n) is 17.7. The maximum absolute atomic E-state index is 6.97. The molecule has 1 heteroatoms. The minimum Gasteiger partial charge on any atom is -0.456 e. The lowest BCUT2D eigenvalue weighted by molar-refractivity contribution is 0.436. The Labute approximate surface area is 299 Å². The Morgan fingerprint density at radius 1 is 0.275 bits per heavy atom. The molecule has 8 aromatic rings. The van der Waals surface area contributed by atoms with Crippen LogP contribution in [0.25, 0.3) is 22.3 Å². The fourth-order valence-electron chi connectivity index (χ4n) is 9.07. The standard InChI is InChI=1S/C50H34O/c1-4-17-36(18-5-1)49(43-26-12-10-23-41(43)42-24-11-13-27-44(42)49)39-33-31-35(32-34-39)40-25-16-29-46-48(40)51-47-30-15-14-28-45(47)50(46,37-19-6-2-7-20-37)38-21-8-3-9-22-38/h1-34H. The molecular formula is C50H34O. The van der Waals surface area contributed by atoms with E-state index in [-0.39, 0.29) is 0 Å². The average molecular weight is 651 g/mol. The Balaban J connectivity index is 1.19. The summed E-state index contributed by atoms with van der Waals surface area (Å²) >= 11 is 0. The molecule has 51 heavy (non-hydrogen) atoms. The van der Waals surface area contributed by atoms with Crippen molar-refractivity contribution in [1.29, 1.82) is 0 Å². The van der Waals surface area contributed by atoms with Gasteiger partial charge in [0.25, 0.3) is 0 Å². The van der Waals surface area contributed by atoms with Crippen molar-refractivity contribution in [2.45, 2.75) is 10.8 Å². The van der Waals surface area contributed by atoms with Gasteiger partial charge in [0, 0.05) is 16.7 Å². The van der Waals surface area contributed by atoms with Crippen molar-refractivity contribution in [2.75, 3.05) is 0 Å². The van der Waals surface area contributed by atoms with Crippen molar-refractivity contribution in [3.63, 3.8) is 0 Å². The Kier molecular flexibility index (Phi) is 6.69. The Hall–Kier alpha value is -6.44. The highest BCUT2D eigenvalue weighted by atomic mass is 16.5. The average Bonchev–Trinajstić information content (AvgIpc) is 3.52. The first-order valence-corrected chi connectivity index (χ1v) is 17.7. The second-order valence-electron chi connectivity index (χ2n) is 13.5. The number of hydrogen-bond donors (Lipinski definition) is 0. The third kappa shape index (κ3) is 4.16. The van der Waals surface area contributed by atoms with Crippen molar-refractivity contribution in [1.82, 2.24) is 0 Å². The van der Waals surface area contributed by atoms with Gasteiger partial charge in [-0.05, 0) is 56.1 Å². The van der Waals surface area contributed by atoms with Gasteiger partial charge in [0.05, 0.1) is 10.8 Å². The molecule has 0 atom stereocenters. The van der Waals surface area contributed by atoms with Crippen LogP contribution in [-0.4, -0.2) is 0 Å². The van der Waals surface area contributed by atoms with Gasteiger partial charge in [-0.25, -0.2) is 0 Å². The van der Waals surface area contributed by atoms with Crippen LogP contribution in [0.5, 0.6) is 11.5 Å². The molecule has 8 aromatic carbocycles. The smallest absolute Gasteiger partial charge is 0.140 e. The molecule has 1 nitrogen and oxygen atoms in total. The van der Waals surface area contributed by atoms with Crippen molar-refractivity contribution >= 4 is 0 Å². The molecule has 0 bridgehead atoms. The SMILES string of the molecule is c1ccc(C2(c3ccc(-c4cccc5c4Oc4ccccc4C5(c4ccccc4)c4ccccc4)cc3)c3ccccc3-c3ccccc32)cc1. The Morgan fingerprint density at radius 2 is 0.667 bits per heavy atom. The molecule has 1 aliphatic heterocycles. The number of benzene rings is 8. The van der Waals surface area contributed by atoms with Crippen molar-refractivity contribution < 1.29 is 4.74 Å². The topological polar surface area (TPSA) is 9.23 Å². The monoisotopic (exact) mass is 650 g/mol. The van der Waals surface area contributed by atoms with E-state index in [1.807, 2.05) is 0 Å². The normalized spacial score (nSPS) is 14.4. The highest BCUT2D eigenvalue weighted by molar-refractivity contribution is 5.87. The van der Waals surface area contributed by atoms with Crippen LogP contribution in [0.2, 0.25) is 0 Å². The quantitative estimate of drug-likeness (QED) is 0.180. The minimum atomic E-state index is -0.558. The summed E-state index contributed by atoms with van der Waals surface area (Å²) in [6.45, 7) is 0. The van der Waals surface area contributed by atoms with E-state index in [9.17, 15) is 0 Å². The lowest BCUT2D eigenvalue weighted by Crippen LogP contribution is -2.34. The van der Waals surface area contributed by atoms with Crippen LogP contribution in [0.3, 0.4) is 0 Å². The molecule has 2 aliphatic rings. The van der Waals surface area contributed by atoms with E-state index >= 15 is 0 Å². The molecule has 1 aliphatic carbocycles. The number of para-hydroxylation sites is 2. The summed E-state index contributed by atoms with van der Waals surface area (Å²) in [6.07, 6.45) is 0. The van der Waals surface area contributed by atoms with Gasteiger partial charge in [-0.1, -0.05) is 200 Å². The van der Waals surface area contributed by atoms with Crippen molar-refractivity contribution in [3.05, 3.63) is 251 Å². The fourth-order valence-corrected chi connectivity index (χ4v) is 9.07. The maximum Gasteiger partial charge on any atom is 0.140 e. The summed E-state index contributed by atoms with van der Waals surface area (Å²) in [6, 6.07) is 74.9. The lowest BCUT2D eigenvalue weighted by Gasteiger charge is -2.42. The lowest BCUT2D eigenvalue weighted by atomic mass is 9.63. The molecule has 0 radical (unpaired) electrons. The molecule has 0 spiro atoms. The summed E-state index contributed by atoms with van der Waals surface area (Å²) in [5.74, 6) is 1.77. The zero-order valence-electron chi connectivity index (χ0n) is 28.0. The van der Waals surface area contributed by atoms with Crippen LogP contribution in [0.15, 0.2) is 206 Å². The van der Waals surface area contributed by atoms with Gasteiger partial charge >= 0.3 is 0 Å². The van der Waals surface area contributed by atoms with Gasteiger partial charge in [0.15, 0.2) is 0 Å². The molecule has 0 saturated heterocycles. The van der Waals surface area contributed by atoms with Crippen molar-refractivity contribution in [2.24, 2.45) is 0 Å². The highest BCUT2D eigenvalue weighted by Gasteiger charge is 2.47. The Bertz CT molecular complexity index is 2450. The second kappa shape index (κ2) is 11.6. The van der Waals surface area contributed by atoms with E-state index < -0.39 is 10.8 Å². The number of rotatable bonds is 5. The van der Waals surface area contributed by atoms with Gasteiger partial charge in [0.1, 0.15) is 11.5 Å². The maximum atomic E-state index is 6.97. The molecule has 0 unspecified atom stereocenters. The number of fused-ring (bicyclic) bond motifs is 5. The van der Waals surface area contributed by atoms with E-state index in [0.29, 0.717) is 0 Å². The minimum absolute atomic E-state index is 0.436. The molecule has 0 fully saturated rings. The van der Waals surface area contributed by atoms with Gasteiger partial charge in [-0.15, -0.1) is 0 Å². The molecule has 240 valence electrons. The second-order valence-corrected chi connectivity index (χ2v) is 13.5. The van der Waals surface area contributed by atoms with E-state index in [2.05, 4.69) is 206 Å². The highest BCUT2D eigenvalue weighted by Crippen LogP contribution is 2.58. The van der Waals surface area contributed by atoms with E-state index in [4.69, 9.17) is 4.74 Å². The summed E-state index contributed by atoms with van der Waals surface area (Å²) in [7, 11) is 0. The summed E-state index contributed by atoms with van der Waals surface area (Å²) in [4.78, 5) is 0. The predicted molar refractivity (Wildman–Crippen MR) is 208 cm³/mol. The van der Waals surface area contributed by atoms with Crippen LogP contribution in [0, 0.1) is 0 Å². The predicted octanol–water partition coefficient (Wildman–Crippen LogP) is 12.2. The molecular weight excluding hydrogens is 617 g/mol. The first kappa shape index (κ1) is 29.5. The van der Waals surface area contributed by atoms with Gasteiger partial charge in [0.2, 0.25) is 0 Å². The zero-order valence-corrected chi connectivity index (χ0v) is 28.0. The summed E-state index contributed by atoms with van der Waals surface area (Å²) < 4.78 is 6.97. The summed E-state index contributed by atoms with van der Waals surface area (Å²) in [5.41, 5.74) is 13.6. The summed E-state index contributed by atoms with van der Waals surface area (Å²) in [5, 5.41) is 0. The van der Waals surface area contributed by atoms with Crippen LogP contribution in [0.1, 0.15) is 44.5 Å². The number of hydrogen-bond acceptors (Lipinski definition) is 1. The largest absolute Gasteiger partial charge is 0.456 e. The van der Waals surface area contributed by atoms with E-state index in [0.717, 1.165) is 33.8 Å². The van der Waals surface area contributed by atoms with Crippen LogP contribution >= 0.6 is 0 Å². The van der Waals surface area contributed by atoms with Gasteiger partial charge in [-0.2, -0.15) is 0 Å². The third-order valence-electron chi connectivity index (χ3n) is 11.1. The molecule has 0 N–H and O–H groups in total. The van der Waals surface area contributed by atoms with E-state index in [1.165, 1.54) is 44.5 Å². The molecule has 0 amide bonds. The molecule has 0 saturated carbocycles. The first-order chi connectivity index (χ1) is 25.3. The van der Waals surface area contributed by atoms with Crippen LogP contribution in [0.4, 0.5) is 0 Å². The fraction of sp³-hybridized carbons (Fsp3) is 0.0400. The number of ether oxygens (including phenoxy) is 1. The van der Waals surface area contributed by atoms with E-state index in [1.54, 1.807) is 0 Å².